The lowest BCUT2D eigenvalue weighted by Gasteiger charge is -2.09. The summed E-state index contributed by atoms with van der Waals surface area (Å²) in [6, 6.07) is 11.1. The van der Waals surface area contributed by atoms with E-state index in [9.17, 15) is 27.2 Å². The molecule has 0 unspecified atom stereocenters. The van der Waals surface area contributed by atoms with Crippen LogP contribution in [-0.4, -0.2) is 22.0 Å². The van der Waals surface area contributed by atoms with Crippen molar-refractivity contribution < 1.29 is 27.2 Å². The first-order valence-electron chi connectivity index (χ1n) is 7.97. The van der Waals surface area contributed by atoms with E-state index in [1.54, 1.807) is 0 Å². The fourth-order valence-electron chi connectivity index (χ4n) is 2.49. The van der Waals surface area contributed by atoms with Gasteiger partial charge in [-0.3, -0.25) is 9.59 Å². The van der Waals surface area contributed by atoms with E-state index < -0.39 is 29.3 Å². The highest BCUT2D eigenvalue weighted by Gasteiger charge is 2.36. The second-order valence-corrected chi connectivity index (χ2v) is 5.79. The van der Waals surface area contributed by atoms with Crippen LogP contribution >= 0.6 is 0 Å². The van der Waals surface area contributed by atoms with Gasteiger partial charge in [0.2, 0.25) is 0 Å². The van der Waals surface area contributed by atoms with Gasteiger partial charge in [0.15, 0.2) is 12.0 Å². The number of aromatic nitrogens is 2. The Labute approximate surface area is 161 Å². The molecule has 2 aromatic carbocycles. The molecule has 0 saturated carbocycles. The van der Waals surface area contributed by atoms with Crippen LogP contribution in [0.15, 0.2) is 48.5 Å². The maximum Gasteiger partial charge on any atom is 0.435 e. The van der Waals surface area contributed by atoms with E-state index in [1.807, 2.05) is 6.07 Å². The monoisotopic (exact) mass is 402 g/mol. The van der Waals surface area contributed by atoms with Gasteiger partial charge in [-0.05, 0) is 36.4 Å². The third-order valence-corrected chi connectivity index (χ3v) is 3.83. The summed E-state index contributed by atoms with van der Waals surface area (Å²) < 4.78 is 53.6. The van der Waals surface area contributed by atoms with Gasteiger partial charge in [-0.1, -0.05) is 6.07 Å². The highest BCUT2D eigenvalue weighted by atomic mass is 19.4. The molecule has 0 aliphatic carbocycles. The van der Waals surface area contributed by atoms with Crippen molar-refractivity contribution in [2.24, 2.45) is 0 Å². The fourth-order valence-corrected chi connectivity index (χ4v) is 2.49. The average Bonchev–Trinajstić information content (AvgIpc) is 3.15. The molecule has 3 rings (SSSR count). The molecule has 0 fully saturated rings. The number of nitrogens with one attached hydrogen (secondary N) is 1. The minimum atomic E-state index is -4.81. The molecule has 0 spiro atoms. The number of benzene rings is 2. The molecule has 29 heavy (non-hydrogen) atoms. The molecule has 6 nitrogen and oxygen atoms in total. The van der Waals surface area contributed by atoms with Gasteiger partial charge in [0.05, 0.1) is 22.9 Å². The van der Waals surface area contributed by atoms with Gasteiger partial charge in [-0.15, -0.1) is 0 Å². The Hall–Kier alpha value is -4.00. The molecule has 0 radical (unpaired) electrons. The van der Waals surface area contributed by atoms with Gasteiger partial charge in [0, 0.05) is 11.8 Å². The third kappa shape index (κ3) is 4.14. The minimum Gasteiger partial charge on any atom is -0.321 e. The molecule has 1 N–H and O–H groups in total. The Kier molecular flexibility index (Phi) is 5.14. The molecule has 0 atom stereocenters. The molecule has 1 heterocycles. The van der Waals surface area contributed by atoms with Crippen LogP contribution in [0, 0.1) is 17.1 Å². The molecule has 1 aromatic heterocycles. The van der Waals surface area contributed by atoms with E-state index in [0.29, 0.717) is 6.07 Å². The summed E-state index contributed by atoms with van der Waals surface area (Å²) in [5.74, 6) is -1.78. The smallest absolute Gasteiger partial charge is 0.321 e. The number of hydrogen-bond donors (Lipinski definition) is 1. The zero-order valence-electron chi connectivity index (χ0n) is 14.4. The van der Waals surface area contributed by atoms with Crippen LogP contribution in [-0.2, 0) is 6.18 Å². The number of nitriles is 1. The SMILES string of the molecule is N#Cc1cccc(-n2nc(C(F)(F)F)cc2C(=O)Nc2ccc(F)c(C=O)c2)c1. The summed E-state index contributed by atoms with van der Waals surface area (Å²) in [4.78, 5) is 23.4. The van der Waals surface area contributed by atoms with Crippen molar-refractivity contribution in [2.45, 2.75) is 6.18 Å². The zero-order chi connectivity index (χ0) is 21.2. The highest BCUT2D eigenvalue weighted by molar-refractivity contribution is 6.04. The van der Waals surface area contributed by atoms with Gasteiger partial charge in [-0.2, -0.15) is 23.5 Å². The number of amides is 1. The normalized spacial score (nSPS) is 11.0. The van der Waals surface area contributed by atoms with Crippen LogP contribution in [0.4, 0.5) is 23.2 Å². The summed E-state index contributed by atoms with van der Waals surface area (Å²) in [6.45, 7) is 0. The van der Waals surface area contributed by atoms with Gasteiger partial charge in [-0.25, -0.2) is 9.07 Å². The largest absolute Gasteiger partial charge is 0.435 e. The number of carbonyl (C=O) groups excluding carboxylic acids is 2. The van der Waals surface area contributed by atoms with Crippen LogP contribution < -0.4 is 5.32 Å². The highest BCUT2D eigenvalue weighted by Crippen LogP contribution is 2.30. The summed E-state index contributed by atoms with van der Waals surface area (Å²) >= 11 is 0. The number of aldehydes is 1. The Morgan fingerprint density at radius 2 is 1.93 bits per heavy atom. The number of hydrogen-bond acceptors (Lipinski definition) is 4. The first-order chi connectivity index (χ1) is 13.7. The minimum absolute atomic E-state index is 0.00517. The predicted octanol–water partition coefficient (Wildman–Crippen LogP) is 3.97. The predicted molar refractivity (Wildman–Crippen MR) is 93.0 cm³/mol. The number of rotatable bonds is 4. The van der Waals surface area contributed by atoms with E-state index in [0.717, 1.165) is 22.9 Å². The maximum atomic E-state index is 13.4. The molecule has 3 aromatic rings. The zero-order valence-corrected chi connectivity index (χ0v) is 14.4. The van der Waals surface area contributed by atoms with Crippen LogP contribution in [0.5, 0.6) is 0 Å². The Morgan fingerprint density at radius 3 is 2.59 bits per heavy atom. The number of nitrogens with zero attached hydrogens (tertiary/aromatic N) is 3. The number of alkyl halides is 3. The summed E-state index contributed by atoms with van der Waals surface area (Å²) in [7, 11) is 0. The molecule has 0 saturated heterocycles. The Morgan fingerprint density at radius 1 is 1.17 bits per heavy atom. The van der Waals surface area contributed by atoms with Crippen LogP contribution in [0.1, 0.15) is 32.1 Å². The van der Waals surface area contributed by atoms with Crippen LogP contribution in [0.25, 0.3) is 5.69 Å². The van der Waals surface area contributed by atoms with E-state index in [2.05, 4.69) is 10.4 Å². The molecule has 10 heteroatoms. The second kappa shape index (κ2) is 7.55. The lowest BCUT2D eigenvalue weighted by atomic mass is 10.2. The van der Waals surface area contributed by atoms with Crippen molar-refractivity contribution in [3.8, 4) is 11.8 Å². The molecular formula is C19H10F4N4O2. The topological polar surface area (TPSA) is 87.8 Å². The Balaban J connectivity index is 2.05. The van der Waals surface area contributed by atoms with Crippen molar-refractivity contribution in [3.05, 3.63) is 76.9 Å². The standard InChI is InChI=1S/C19H10F4N4O2/c20-15-5-4-13(7-12(15)10-28)25-18(29)16-8-17(19(21,22)23)26-27(16)14-3-1-2-11(6-14)9-24/h1-8,10H,(H,25,29). The van der Waals surface area contributed by atoms with Gasteiger partial charge < -0.3 is 5.32 Å². The maximum absolute atomic E-state index is 13.4. The number of halogens is 4. The molecule has 0 aliphatic heterocycles. The van der Waals surface area contributed by atoms with Crippen molar-refractivity contribution in [1.82, 2.24) is 9.78 Å². The second-order valence-electron chi connectivity index (χ2n) is 5.79. The lowest BCUT2D eigenvalue weighted by Crippen LogP contribution is -2.17. The van der Waals surface area contributed by atoms with Gasteiger partial charge in [0.25, 0.3) is 5.91 Å². The van der Waals surface area contributed by atoms with Gasteiger partial charge in [0.1, 0.15) is 11.5 Å². The first-order valence-corrected chi connectivity index (χ1v) is 7.97. The summed E-state index contributed by atoms with van der Waals surface area (Å²) in [5.41, 5.74) is -1.87. The van der Waals surface area contributed by atoms with E-state index in [4.69, 9.17) is 5.26 Å². The fraction of sp³-hybridized carbons (Fsp3) is 0.0526. The summed E-state index contributed by atoms with van der Waals surface area (Å²) in [6.07, 6.45) is -4.57. The average molecular weight is 402 g/mol. The molecule has 1 amide bonds. The Bertz CT molecular complexity index is 1150. The molecular weight excluding hydrogens is 392 g/mol. The number of carbonyl (C=O) groups is 2. The van der Waals surface area contributed by atoms with E-state index >= 15 is 0 Å². The van der Waals surface area contributed by atoms with Crippen molar-refractivity contribution in [3.63, 3.8) is 0 Å². The van der Waals surface area contributed by atoms with E-state index in [-0.39, 0.29) is 28.8 Å². The van der Waals surface area contributed by atoms with Crippen molar-refractivity contribution in [1.29, 1.82) is 5.26 Å². The summed E-state index contributed by atoms with van der Waals surface area (Å²) in [5, 5.41) is 14.7. The first kappa shape index (κ1) is 19.8. The van der Waals surface area contributed by atoms with Crippen LogP contribution in [0.3, 0.4) is 0 Å². The van der Waals surface area contributed by atoms with Gasteiger partial charge >= 0.3 is 6.18 Å². The number of anilines is 1. The third-order valence-electron chi connectivity index (χ3n) is 3.83. The van der Waals surface area contributed by atoms with E-state index in [1.165, 1.54) is 24.3 Å². The molecule has 0 bridgehead atoms. The van der Waals surface area contributed by atoms with Crippen molar-refractivity contribution in [2.75, 3.05) is 5.32 Å². The molecule has 146 valence electrons. The van der Waals surface area contributed by atoms with Crippen LogP contribution in [0.2, 0.25) is 0 Å². The van der Waals surface area contributed by atoms with Crippen molar-refractivity contribution >= 4 is 17.9 Å². The molecule has 0 aliphatic rings. The lowest BCUT2D eigenvalue weighted by molar-refractivity contribution is -0.141. The quantitative estimate of drug-likeness (QED) is 0.529.